The fraction of sp³-hybridized carbons (Fsp3) is 0.611. The maximum absolute atomic E-state index is 11.7. The lowest BCUT2D eigenvalue weighted by Gasteiger charge is -2.26. The highest BCUT2D eigenvalue weighted by atomic mass is 16.5. The summed E-state index contributed by atoms with van der Waals surface area (Å²) in [4.78, 5) is 14.3. The summed E-state index contributed by atoms with van der Waals surface area (Å²) in [5, 5.41) is 0. The van der Waals surface area contributed by atoms with Crippen LogP contribution in [0.2, 0.25) is 0 Å². The van der Waals surface area contributed by atoms with Crippen LogP contribution in [0.4, 0.5) is 0 Å². The predicted molar refractivity (Wildman–Crippen MR) is 85.9 cm³/mol. The number of piperidine rings is 1. The Labute approximate surface area is 132 Å². The Morgan fingerprint density at radius 1 is 1.14 bits per heavy atom. The van der Waals surface area contributed by atoms with E-state index >= 15 is 0 Å². The second-order valence-electron chi connectivity index (χ2n) is 6.14. The maximum Gasteiger partial charge on any atom is 0.169 e. The van der Waals surface area contributed by atoms with Crippen LogP contribution in [0.25, 0.3) is 0 Å². The average Bonchev–Trinajstić information content (AvgIpc) is 2.56. The summed E-state index contributed by atoms with van der Waals surface area (Å²) in [6.07, 6.45) is 6.81. The van der Waals surface area contributed by atoms with E-state index in [1.165, 1.54) is 45.3 Å². The quantitative estimate of drug-likeness (QED) is 0.756. The van der Waals surface area contributed by atoms with E-state index in [-0.39, 0.29) is 5.78 Å². The fourth-order valence-electron chi connectivity index (χ4n) is 3.14. The van der Waals surface area contributed by atoms with Gasteiger partial charge in [0, 0.05) is 12.5 Å². The van der Waals surface area contributed by atoms with Crippen LogP contribution in [0, 0.1) is 0 Å². The highest BCUT2D eigenvalue weighted by molar-refractivity contribution is 5.99. The molecule has 2 aliphatic rings. The molecule has 4 heteroatoms. The first-order valence-electron chi connectivity index (χ1n) is 8.48. The van der Waals surface area contributed by atoms with E-state index in [2.05, 4.69) is 4.90 Å². The van der Waals surface area contributed by atoms with Gasteiger partial charge in [-0.15, -0.1) is 0 Å². The molecule has 0 N–H and O–H groups in total. The molecule has 3 rings (SSSR count). The van der Waals surface area contributed by atoms with E-state index in [4.69, 9.17) is 9.47 Å². The Morgan fingerprint density at radius 2 is 2.00 bits per heavy atom. The molecule has 2 aliphatic heterocycles. The molecule has 0 bridgehead atoms. The number of unbranched alkanes of at least 4 members (excludes halogenated alkanes) is 1. The van der Waals surface area contributed by atoms with Gasteiger partial charge in [-0.3, -0.25) is 4.79 Å². The Hall–Kier alpha value is -1.55. The van der Waals surface area contributed by atoms with Crippen molar-refractivity contribution in [1.29, 1.82) is 0 Å². The van der Waals surface area contributed by atoms with Crippen LogP contribution in [-0.2, 0) is 0 Å². The second-order valence-corrected chi connectivity index (χ2v) is 6.14. The van der Waals surface area contributed by atoms with Crippen LogP contribution >= 0.6 is 0 Å². The number of ketones is 1. The molecule has 0 aliphatic carbocycles. The van der Waals surface area contributed by atoms with Crippen LogP contribution in [0.5, 0.6) is 11.5 Å². The molecule has 120 valence electrons. The number of carbonyl (C=O) groups excluding carboxylic acids is 1. The van der Waals surface area contributed by atoms with Crippen molar-refractivity contribution < 1.29 is 14.3 Å². The van der Waals surface area contributed by atoms with Gasteiger partial charge in [0.15, 0.2) is 5.78 Å². The van der Waals surface area contributed by atoms with E-state index in [1.807, 2.05) is 18.2 Å². The highest BCUT2D eigenvalue weighted by Crippen LogP contribution is 2.29. The SMILES string of the molecule is O=C1CCOc2cc(OCCCCN3CCCCC3)ccc21. The Balaban J connectivity index is 1.39. The number of benzene rings is 1. The van der Waals surface area contributed by atoms with Crippen LogP contribution in [-0.4, -0.2) is 43.5 Å². The van der Waals surface area contributed by atoms with Gasteiger partial charge in [-0.1, -0.05) is 6.42 Å². The molecule has 0 unspecified atom stereocenters. The molecule has 0 spiro atoms. The van der Waals surface area contributed by atoms with E-state index in [1.54, 1.807) is 0 Å². The molecule has 4 nitrogen and oxygen atoms in total. The molecule has 0 radical (unpaired) electrons. The third-order valence-corrected chi connectivity index (χ3v) is 4.43. The summed E-state index contributed by atoms with van der Waals surface area (Å²) in [5.74, 6) is 1.63. The van der Waals surface area contributed by atoms with Gasteiger partial charge in [-0.05, 0) is 57.5 Å². The zero-order valence-electron chi connectivity index (χ0n) is 13.2. The van der Waals surface area contributed by atoms with Crippen molar-refractivity contribution in [3.63, 3.8) is 0 Å². The monoisotopic (exact) mass is 303 g/mol. The third-order valence-electron chi connectivity index (χ3n) is 4.43. The number of ether oxygens (including phenoxy) is 2. The van der Waals surface area contributed by atoms with Gasteiger partial charge in [-0.25, -0.2) is 0 Å². The van der Waals surface area contributed by atoms with E-state index in [0.29, 0.717) is 24.3 Å². The summed E-state index contributed by atoms with van der Waals surface area (Å²) in [7, 11) is 0. The van der Waals surface area contributed by atoms with Crippen molar-refractivity contribution in [3.05, 3.63) is 23.8 Å². The first-order chi connectivity index (χ1) is 10.8. The summed E-state index contributed by atoms with van der Waals surface area (Å²) in [5.41, 5.74) is 0.684. The van der Waals surface area contributed by atoms with Crippen molar-refractivity contribution in [2.75, 3.05) is 32.8 Å². The zero-order valence-corrected chi connectivity index (χ0v) is 13.2. The van der Waals surface area contributed by atoms with Crippen molar-refractivity contribution in [2.45, 2.75) is 38.5 Å². The second kappa shape index (κ2) is 7.63. The standard InChI is InChI=1S/C18H25NO3/c20-17-8-13-22-18-14-15(6-7-16(17)18)21-12-5-4-11-19-9-2-1-3-10-19/h6-7,14H,1-5,8-13H2. The lowest BCUT2D eigenvalue weighted by Crippen LogP contribution is -2.30. The van der Waals surface area contributed by atoms with Gasteiger partial charge in [0.2, 0.25) is 0 Å². The first kappa shape index (κ1) is 15.3. The topological polar surface area (TPSA) is 38.8 Å². The van der Waals surface area contributed by atoms with E-state index in [0.717, 1.165) is 18.8 Å². The van der Waals surface area contributed by atoms with Crippen LogP contribution in [0.15, 0.2) is 18.2 Å². The minimum atomic E-state index is 0.161. The Bertz CT molecular complexity index is 509. The summed E-state index contributed by atoms with van der Waals surface area (Å²) in [6, 6.07) is 5.53. The van der Waals surface area contributed by atoms with Gasteiger partial charge in [0.05, 0.1) is 18.8 Å². The van der Waals surface area contributed by atoms with Crippen molar-refractivity contribution in [2.24, 2.45) is 0 Å². The van der Waals surface area contributed by atoms with Gasteiger partial charge in [0.1, 0.15) is 11.5 Å². The number of rotatable bonds is 6. The first-order valence-corrected chi connectivity index (χ1v) is 8.48. The lowest BCUT2D eigenvalue weighted by molar-refractivity contribution is 0.0933. The van der Waals surface area contributed by atoms with Crippen LogP contribution in [0.3, 0.4) is 0 Å². The van der Waals surface area contributed by atoms with Gasteiger partial charge in [0.25, 0.3) is 0 Å². The number of Topliss-reactive ketones (excluding diaryl/α,β-unsaturated/α-hetero) is 1. The molecule has 1 fully saturated rings. The van der Waals surface area contributed by atoms with Crippen LogP contribution < -0.4 is 9.47 Å². The zero-order chi connectivity index (χ0) is 15.2. The number of hydrogen-bond donors (Lipinski definition) is 0. The van der Waals surface area contributed by atoms with Gasteiger partial charge in [-0.2, -0.15) is 0 Å². The normalized spacial score (nSPS) is 18.6. The number of likely N-dealkylation sites (tertiary alicyclic amines) is 1. The number of hydrogen-bond acceptors (Lipinski definition) is 4. The molecule has 1 aromatic rings. The smallest absolute Gasteiger partial charge is 0.169 e. The molecule has 0 atom stereocenters. The summed E-state index contributed by atoms with van der Waals surface area (Å²) in [6.45, 7) is 4.91. The minimum absolute atomic E-state index is 0.161. The minimum Gasteiger partial charge on any atom is -0.493 e. The van der Waals surface area contributed by atoms with Crippen LogP contribution in [0.1, 0.15) is 48.9 Å². The van der Waals surface area contributed by atoms with E-state index in [9.17, 15) is 4.79 Å². The molecular formula is C18H25NO3. The molecule has 0 amide bonds. The fourth-order valence-corrected chi connectivity index (χ4v) is 3.14. The molecule has 22 heavy (non-hydrogen) atoms. The maximum atomic E-state index is 11.7. The van der Waals surface area contributed by atoms with Gasteiger partial charge < -0.3 is 14.4 Å². The largest absolute Gasteiger partial charge is 0.493 e. The summed E-state index contributed by atoms with van der Waals surface area (Å²) >= 11 is 0. The molecular weight excluding hydrogens is 278 g/mol. The Kier molecular flexibility index (Phi) is 5.33. The van der Waals surface area contributed by atoms with Crippen molar-refractivity contribution in [3.8, 4) is 11.5 Å². The highest BCUT2D eigenvalue weighted by Gasteiger charge is 2.18. The molecule has 1 aromatic carbocycles. The van der Waals surface area contributed by atoms with Crippen molar-refractivity contribution >= 4 is 5.78 Å². The lowest BCUT2D eigenvalue weighted by atomic mass is 10.1. The number of carbonyl (C=O) groups is 1. The van der Waals surface area contributed by atoms with Crippen molar-refractivity contribution in [1.82, 2.24) is 4.90 Å². The molecule has 0 saturated carbocycles. The third kappa shape index (κ3) is 4.01. The Morgan fingerprint density at radius 3 is 2.86 bits per heavy atom. The van der Waals surface area contributed by atoms with E-state index < -0.39 is 0 Å². The molecule has 2 heterocycles. The predicted octanol–water partition coefficient (Wildman–Crippen LogP) is 3.30. The summed E-state index contributed by atoms with van der Waals surface area (Å²) < 4.78 is 11.3. The molecule has 1 saturated heterocycles. The number of nitrogens with zero attached hydrogens (tertiary/aromatic N) is 1. The number of fused-ring (bicyclic) bond motifs is 1. The molecule has 0 aromatic heterocycles. The van der Waals surface area contributed by atoms with Gasteiger partial charge >= 0.3 is 0 Å². The average molecular weight is 303 g/mol.